The number of anilines is 3. The smallest absolute Gasteiger partial charge is 0.224 e. The molecule has 2 aromatic heterocycles. The Kier molecular flexibility index (Phi) is 4.79. The van der Waals surface area contributed by atoms with E-state index < -0.39 is 0 Å². The Morgan fingerprint density at radius 2 is 2.19 bits per heavy atom. The summed E-state index contributed by atoms with van der Waals surface area (Å²) in [4.78, 5) is 12.7. The number of nitrogen functional groups attached to an aromatic ring is 1. The van der Waals surface area contributed by atoms with Gasteiger partial charge in [0.1, 0.15) is 5.82 Å². The summed E-state index contributed by atoms with van der Waals surface area (Å²) in [5.74, 6) is 2.01. The van der Waals surface area contributed by atoms with Crippen molar-refractivity contribution in [3.8, 4) is 11.3 Å². The van der Waals surface area contributed by atoms with Gasteiger partial charge in [-0.25, -0.2) is 4.98 Å². The van der Waals surface area contributed by atoms with E-state index in [9.17, 15) is 0 Å². The van der Waals surface area contributed by atoms with Gasteiger partial charge in [-0.3, -0.25) is 5.10 Å². The molecule has 0 saturated carbocycles. The molecule has 1 aliphatic rings. The molecule has 1 atom stereocenters. The van der Waals surface area contributed by atoms with Gasteiger partial charge in [0, 0.05) is 30.1 Å². The molecule has 4 rings (SSSR count). The van der Waals surface area contributed by atoms with E-state index in [1.54, 1.807) is 11.8 Å². The minimum absolute atomic E-state index is 0.267. The Morgan fingerprint density at radius 3 is 2.93 bits per heavy atom. The molecule has 142 valence electrons. The first kappa shape index (κ1) is 17.9. The summed E-state index contributed by atoms with van der Waals surface area (Å²) >= 11 is 1.64. The van der Waals surface area contributed by atoms with Crippen LogP contribution in [0.2, 0.25) is 0 Å². The Labute approximate surface area is 161 Å². The fourth-order valence-electron chi connectivity index (χ4n) is 3.36. The van der Waals surface area contributed by atoms with Crippen molar-refractivity contribution in [1.29, 1.82) is 0 Å². The van der Waals surface area contributed by atoms with Crippen molar-refractivity contribution < 1.29 is 4.74 Å². The van der Waals surface area contributed by atoms with E-state index in [1.807, 2.05) is 25.4 Å². The van der Waals surface area contributed by atoms with Crippen LogP contribution in [-0.4, -0.2) is 59.3 Å². The maximum Gasteiger partial charge on any atom is 0.224 e. The third-order valence-electron chi connectivity index (χ3n) is 4.77. The summed E-state index contributed by atoms with van der Waals surface area (Å²) < 4.78 is 5.56. The number of H-pyrrole nitrogens is 1. The third-order valence-corrected chi connectivity index (χ3v) is 5.53. The van der Waals surface area contributed by atoms with Gasteiger partial charge >= 0.3 is 0 Å². The molecule has 0 bridgehead atoms. The van der Waals surface area contributed by atoms with Gasteiger partial charge in [-0.05, 0) is 25.3 Å². The summed E-state index contributed by atoms with van der Waals surface area (Å²) in [5.41, 5.74) is 8.77. The number of nitrogens with two attached hydrogens (primary N) is 1. The molecule has 3 aromatic rings. The number of benzene rings is 1. The van der Waals surface area contributed by atoms with Crippen molar-refractivity contribution in [3.05, 3.63) is 18.2 Å². The van der Waals surface area contributed by atoms with Crippen LogP contribution in [0.3, 0.4) is 0 Å². The lowest BCUT2D eigenvalue weighted by molar-refractivity contribution is 0.0985. The number of rotatable bonds is 4. The lowest BCUT2D eigenvalue weighted by Gasteiger charge is -2.34. The first-order valence-electron chi connectivity index (χ1n) is 8.84. The van der Waals surface area contributed by atoms with Crippen LogP contribution in [0.5, 0.6) is 0 Å². The van der Waals surface area contributed by atoms with Crippen molar-refractivity contribution in [1.82, 2.24) is 20.2 Å². The monoisotopic (exact) mass is 385 g/mol. The average molecular weight is 385 g/mol. The fourth-order valence-corrected chi connectivity index (χ4v) is 4.03. The van der Waals surface area contributed by atoms with Crippen LogP contribution < -0.4 is 16.0 Å². The van der Waals surface area contributed by atoms with Crippen LogP contribution in [0, 0.1) is 0 Å². The van der Waals surface area contributed by atoms with Gasteiger partial charge in [-0.2, -0.15) is 10.1 Å². The molecule has 9 heteroatoms. The van der Waals surface area contributed by atoms with Crippen LogP contribution in [0.25, 0.3) is 22.2 Å². The van der Waals surface area contributed by atoms with Crippen LogP contribution in [0.4, 0.5) is 17.6 Å². The molecular formula is C18H23N7OS. The maximum atomic E-state index is 6.01. The van der Waals surface area contributed by atoms with Crippen LogP contribution in [-0.2, 0) is 4.74 Å². The van der Waals surface area contributed by atoms with Crippen molar-refractivity contribution in [3.63, 3.8) is 0 Å². The van der Waals surface area contributed by atoms with E-state index in [4.69, 9.17) is 10.5 Å². The quantitative estimate of drug-likeness (QED) is 0.589. The zero-order valence-electron chi connectivity index (χ0n) is 15.6. The van der Waals surface area contributed by atoms with Gasteiger partial charge in [0.25, 0.3) is 0 Å². The number of morpholine rings is 1. The number of aromatic nitrogens is 4. The highest BCUT2D eigenvalue weighted by molar-refractivity contribution is 7.98. The molecule has 8 nitrogen and oxygen atoms in total. The lowest BCUT2D eigenvalue weighted by Crippen LogP contribution is -2.44. The minimum atomic E-state index is 0.267. The molecule has 1 aliphatic heterocycles. The second kappa shape index (κ2) is 7.24. The summed E-state index contributed by atoms with van der Waals surface area (Å²) in [6, 6.07) is 6.44. The molecule has 1 aromatic carbocycles. The van der Waals surface area contributed by atoms with E-state index >= 15 is 0 Å². The first-order chi connectivity index (χ1) is 13.1. The molecule has 0 radical (unpaired) electrons. The number of hydrogen-bond acceptors (Lipinski definition) is 8. The summed E-state index contributed by atoms with van der Waals surface area (Å²) in [5, 5.41) is 11.2. The molecule has 0 aliphatic carbocycles. The standard InChI is InChI=1S/C18H23N7OS/c1-10-9-26-5-4-25(10)15-8-12(21-18(20-2)22-15)11-6-13-16(14(7-11)27-3)17(19)24-23-13/h6-8,10H,4-5,9H2,1-3H3,(H3,19,23,24)(H,20,21,22). The Bertz CT molecular complexity index is 974. The van der Waals surface area contributed by atoms with Crippen molar-refractivity contribution in [2.24, 2.45) is 0 Å². The Morgan fingerprint density at radius 1 is 1.33 bits per heavy atom. The number of nitrogens with one attached hydrogen (secondary N) is 2. The Hall–Kier alpha value is -2.52. The van der Waals surface area contributed by atoms with Gasteiger partial charge in [-0.1, -0.05) is 0 Å². The molecule has 0 spiro atoms. The van der Waals surface area contributed by atoms with Gasteiger partial charge in [0.15, 0.2) is 5.82 Å². The van der Waals surface area contributed by atoms with Gasteiger partial charge in [0.2, 0.25) is 5.95 Å². The predicted molar refractivity (Wildman–Crippen MR) is 110 cm³/mol. The first-order valence-corrected chi connectivity index (χ1v) is 10.1. The zero-order chi connectivity index (χ0) is 19.0. The summed E-state index contributed by atoms with van der Waals surface area (Å²) in [6.45, 7) is 4.36. The second-order valence-corrected chi connectivity index (χ2v) is 7.36. The molecule has 3 heterocycles. The van der Waals surface area contributed by atoms with Gasteiger partial charge < -0.3 is 20.7 Å². The number of aromatic amines is 1. The second-order valence-electron chi connectivity index (χ2n) is 6.51. The maximum absolute atomic E-state index is 6.01. The van der Waals surface area contributed by atoms with Crippen molar-refractivity contribution in [2.75, 3.05) is 49.0 Å². The van der Waals surface area contributed by atoms with Crippen LogP contribution in [0.15, 0.2) is 23.1 Å². The molecule has 1 saturated heterocycles. The van der Waals surface area contributed by atoms with E-state index in [2.05, 4.69) is 43.4 Å². The fraction of sp³-hybridized carbons (Fsp3) is 0.389. The highest BCUT2D eigenvalue weighted by Crippen LogP contribution is 2.35. The highest BCUT2D eigenvalue weighted by Gasteiger charge is 2.22. The van der Waals surface area contributed by atoms with Crippen molar-refractivity contribution in [2.45, 2.75) is 17.9 Å². The highest BCUT2D eigenvalue weighted by atomic mass is 32.2. The molecular weight excluding hydrogens is 362 g/mol. The number of hydrogen-bond donors (Lipinski definition) is 3. The van der Waals surface area contributed by atoms with E-state index in [-0.39, 0.29) is 6.04 Å². The van der Waals surface area contributed by atoms with E-state index in [0.29, 0.717) is 25.0 Å². The van der Waals surface area contributed by atoms with Crippen LogP contribution in [0.1, 0.15) is 6.92 Å². The summed E-state index contributed by atoms with van der Waals surface area (Å²) in [6.07, 6.45) is 2.03. The van der Waals surface area contributed by atoms with Crippen molar-refractivity contribution >= 4 is 40.2 Å². The molecule has 0 amide bonds. The number of nitrogens with zero attached hydrogens (tertiary/aromatic N) is 4. The average Bonchev–Trinajstić information content (AvgIpc) is 3.08. The SMILES string of the molecule is CNc1nc(-c2cc(SC)c3c(N)n[nH]c3c2)cc(N2CCOCC2C)n1. The van der Waals surface area contributed by atoms with E-state index in [1.165, 1.54) is 0 Å². The molecule has 1 fully saturated rings. The zero-order valence-corrected chi connectivity index (χ0v) is 16.4. The lowest BCUT2D eigenvalue weighted by atomic mass is 10.1. The molecule has 4 N–H and O–H groups in total. The number of ether oxygens (including phenoxy) is 1. The third kappa shape index (κ3) is 3.28. The number of fused-ring (bicyclic) bond motifs is 1. The summed E-state index contributed by atoms with van der Waals surface area (Å²) in [7, 11) is 1.83. The Balaban J connectivity index is 1.83. The minimum Gasteiger partial charge on any atom is -0.382 e. The van der Waals surface area contributed by atoms with Gasteiger partial charge in [-0.15, -0.1) is 11.8 Å². The normalized spacial score (nSPS) is 17.4. The molecule has 27 heavy (non-hydrogen) atoms. The topological polar surface area (TPSA) is 105 Å². The van der Waals surface area contributed by atoms with Gasteiger partial charge in [0.05, 0.1) is 35.9 Å². The predicted octanol–water partition coefficient (Wildman–Crippen LogP) is 2.59. The molecule has 1 unspecified atom stereocenters. The van der Waals surface area contributed by atoms with E-state index in [0.717, 1.165) is 39.4 Å². The van der Waals surface area contributed by atoms with Crippen LogP contribution >= 0.6 is 11.8 Å². The largest absolute Gasteiger partial charge is 0.382 e. The number of thioether (sulfide) groups is 1.